The highest BCUT2D eigenvalue weighted by atomic mass is 35.5. The average molecular weight is 305 g/mol. The van der Waals surface area contributed by atoms with Crippen molar-refractivity contribution in [1.82, 2.24) is 0 Å². The Balaban J connectivity index is 1.67. The fraction of sp³-hybridized carbons (Fsp3) is 0.294. The molecule has 2 aromatic carbocycles. The summed E-state index contributed by atoms with van der Waals surface area (Å²) in [6, 6.07) is 18.2. The number of hydrogen-bond donors (Lipinski definition) is 1. The molecule has 3 rings (SSSR count). The van der Waals surface area contributed by atoms with Gasteiger partial charge in [-0.05, 0) is 36.6 Å². The molecule has 1 aliphatic rings. The number of rotatable bonds is 5. The van der Waals surface area contributed by atoms with Crippen LogP contribution in [0.4, 0.5) is 0 Å². The predicted molar refractivity (Wildman–Crippen MR) is 85.5 cm³/mol. The second-order valence-electron chi connectivity index (χ2n) is 5.31. The van der Waals surface area contributed by atoms with Gasteiger partial charge in [0.05, 0.1) is 6.10 Å². The van der Waals surface area contributed by atoms with Crippen molar-refractivity contribution in [3.05, 3.63) is 65.2 Å². The standard InChI is InChI=1S/C17H17ClOS/c18-14-7-4-8-15(11-14)20-12-16(19)17(9-10-17)13-5-2-1-3-6-13/h1-8,11,16,19H,9-10,12H2. The van der Waals surface area contributed by atoms with Crippen LogP contribution in [0.2, 0.25) is 5.02 Å². The van der Waals surface area contributed by atoms with Crippen LogP contribution in [-0.2, 0) is 5.41 Å². The Bertz CT molecular complexity index is 581. The molecule has 3 heteroatoms. The van der Waals surface area contributed by atoms with Gasteiger partial charge in [-0.1, -0.05) is 48.0 Å². The van der Waals surface area contributed by atoms with Crippen molar-refractivity contribution in [1.29, 1.82) is 0 Å². The maximum absolute atomic E-state index is 10.6. The Morgan fingerprint density at radius 1 is 1.10 bits per heavy atom. The van der Waals surface area contributed by atoms with E-state index >= 15 is 0 Å². The molecule has 1 saturated carbocycles. The van der Waals surface area contributed by atoms with E-state index in [0.29, 0.717) is 5.75 Å². The minimum absolute atomic E-state index is 0.0210. The zero-order valence-electron chi connectivity index (χ0n) is 11.1. The smallest absolute Gasteiger partial charge is 0.0730 e. The van der Waals surface area contributed by atoms with Crippen LogP contribution in [0.15, 0.2) is 59.5 Å². The molecule has 2 aromatic rings. The molecule has 0 aromatic heterocycles. The minimum Gasteiger partial charge on any atom is -0.391 e. The van der Waals surface area contributed by atoms with Crippen LogP contribution in [0.5, 0.6) is 0 Å². The first-order chi connectivity index (χ1) is 9.71. The van der Waals surface area contributed by atoms with Gasteiger partial charge in [-0.25, -0.2) is 0 Å². The molecular weight excluding hydrogens is 288 g/mol. The SMILES string of the molecule is OC(CSc1cccc(Cl)c1)C1(c2ccccc2)CC1. The van der Waals surface area contributed by atoms with Crippen LogP contribution in [0.1, 0.15) is 18.4 Å². The van der Waals surface area contributed by atoms with Gasteiger partial charge >= 0.3 is 0 Å². The summed E-state index contributed by atoms with van der Waals surface area (Å²) in [7, 11) is 0. The lowest BCUT2D eigenvalue weighted by molar-refractivity contribution is 0.155. The van der Waals surface area contributed by atoms with Crippen LogP contribution in [-0.4, -0.2) is 17.0 Å². The molecule has 0 saturated heterocycles. The highest BCUT2D eigenvalue weighted by Gasteiger charge is 2.49. The van der Waals surface area contributed by atoms with Gasteiger partial charge in [0.1, 0.15) is 0 Å². The molecule has 1 N–H and O–H groups in total. The summed E-state index contributed by atoms with van der Waals surface area (Å²) in [5.41, 5.74) is 1.24. The van der Waals surface area contributed by atoms with Crippen LogP contribution >= 0.6 is 23.4 Å². The second-order valence-corrected chi connectivity index (χ2v) is 6.84. The fourth-order valence-electron chi connectivity index (χ4n) is 2.61. The maximum Gasteiger partial charge on any atom is 0.0730 e. The topological polar surface area (TPSA) is 20.2 Å². The Morgan fingerprint density at radius 2 is 1.85 bits per heavy atom. The number of aliphatic hydroxyl groups excluding tert-OH is 1. The first kappa shape index (κ1) is 14.0. The average Bonchev–Trinajstić information content (AvgIpc) is 3.27. The van der Waals surface area contributed by atoms with Crippen molar-refractivity contribution in [3.8, 4) is 0 Å². The van der Waals surface area contributed by atoms with Gasteiger partial charge in [0.2, 0.25) is 0 Å². The van der Waals surface area contributed by atoms with Crippen LogP contribution in [0, 0.1) is 0 Å². The zero-order chi connectivity index (χ0) is 14.0. The summed E-state index contributed by atoms with van der Waals surface area (Å²) in [5, 5.41) is 11.3. The normalized spacial score (nSPS) is 17.7. The van der Waals surface area contributed by atoms with Crippen LogP contribution < -0.4 is 0 Å². The lowest BCUT2D eigenvalue weighted by Crippen LogP contribution is -2.28. The Morgan fingerprint density at radius 3 is 2.50 bits per heavy atom. The fourth-order valence-corrected chi connectivity index (χ4v) is 3.92. The zero-order valence-corrected chi connectivity index (χ0v) is 12.7. The van der Waals surface area contributed by atoms with Crippen molar-refractivity contribution in [2.24, 2.45) is 0 Å². The summed E-state index contributed by atoms with van der Waals surface area (Å²) in [4.78, 5) is 1.11. The Labute approximate surface area is 129 Å². The molecule has 0 radical (unpaired) electrons. The van der Waals surface area contributed by atoms with E-state index in [1.54, 1.807) is 11.8 Å². The van der Waals surface area contributed by atoms with Gasteiger partial charge in [-0.3, -0.25) is 0 Å². The Kier molecular flexibility index (Phi) is 4.06. The summed E-state index contributed by atoms with van der Waals surface area (Å²) < 4.78 is 0. The van der Waals surface area contributed by atoms with Crippen molar-refractivity contribution < 1.29 is 5.11 Å². The van der Waals surface area contributed by atoms with Gasteiger partial charge < -0.3 is 5.11 Å². The molecule has 1 aliphatic carbocycles. The molecule has 1 atom stereocenters. The summed E-state index contributed by atoms with van der Waals surface area (Å²) in [5.74, 6) is 0.704. The monoisotopic (exact) mass is 304 g/mol. The van der Waals surface area contributed by atoms with Gasteiger partial charge in [0, 0.05) is 21.1 Å². The summed E-state index contributed by atoms with van der Waals surface area (Å²) in [6.45, 7) is 0. The second kappa shape index (κ2) is 5.80. The molecule has 1 unspecified atom stereocenters. The highest BCUT2D eigenvalue weighted by Crippen LogP contribution is 2.51. The van der Waals surface area contributed by atoms with Gasteiger partial charge in [-0.2, -0.15) is 0 Å². The van der Waals surface area contributed by atoms with E-state index in [0.717, 1.165) is 22.8 Å². The molecule has 20 heavy (non-hydrogen) atoms. The maximum atomic E-state index is 10.6. The van der Waals surface area contributed by atoms with E-state index in [2.05, 4.69) is 12.1 Å². The van der Waals surface area contributed by atoms with Crippen molar-refractivity contribution >= 4 is 23.4 Å². The molecular formula is C17H17ClOS. The third-order valence-electron chi connectivity index (χ3n) is 3.98. The van der Waals surface area contributed by atoms with Crippen LogP contribution in [0.3, 0.4) is 0 Å². The highest BCUT2D eigenvalue weighted by molar-refractivity contribution is 7.99. The molecule has 0 aliphatic heterocycles. The summed E-state index contributed by atoms with van der Waals surface area (Å²) in [6.07, 6.45) is 1.84. The van der Waals surface area contributed by atoms with E-state index < -0.39 is 0 Å². The van der Waals surface area contributed by atoms with E-state index in [1.807, 2.05) is 42.5 Å². The number of halogens is 1. The molecule has 1 fully saturated rings. The van der Waals surface area contributed by atoms with Gasteiger partial charge in [-0.15, -0.1) is 11.8 Å². The number of hydrogen-bond acceptors (Lipinski definition) is 2. The summed E-state index contributed by atoms with van der Waals surface area (Å²) >= 11 is 7.65. The molecule has 0 bridgehead atoms. The quantitative estimate of drug-likeness (QED) is 0.819. The first-order valence-corrected chi connectivity index (χ1v) is 8.19. The third kappa shape index (κ3) is 2.88. The predicted octanol–water partition coefficient (Wildman–Crippen LogP) is 4.52. The lowest BCUT2D eigenvalue weighted by atomic mass is 9.91. The third-order valence-corrected chi connectivity index (χ3v) is 5.28. The first-order valence-electron chi connectivity index (χ1n) is 6.83. The number of aliphatic hydroxyl groups is 1. The van der Waals surface area contributed by atoms with Gasteiger partial charge in [0.25, 0.3) is 0 Å². The molecule has 0 spiro atoms. The lowest BCUT2D eigenvalue weighted by Gasteiger charge is -2.22. The van der Waals surface area contributed by atoms with Crippen molar-refractivity contribution in [2.45, 2.75) is 29.3 Å². The van der Waals surface area contributed by atoms with E-state index in [1.165, 1.54) is 5.56 Å². The van der Waals surface area contributed by atoms with E-state index in [4.69, 9.17) is 11.6 Å². The van der Waals surface area contributed by atoms with Crippen molar-refractivity contribution in [3.63, 3.8) is 0 Å². The van der Waals surface area contributed by atoms with E-state index in [-0.39, 0.29) is 11.5 Å². The minimum atomic E-state index is -0.311. The Hall–Kier alpha value is -0.960. The molecule has 1 nitrogen and oxygen atoms in total. The molecule has 0 amide bonds. The van der Waals surface area contributed by atoms with Gasteiger partial charge in [0.15, 0.2) is 0 Å². The molecule has 104 valence electrons. The van der Waals surface area contributed by atoms with E-state index in [9.17, 15) is 5.11 Å². The van der Waals surface area contributed by atoms with Crippen molar-refractivity contribution in [2.75, 3.05) is 5.75 Å². The van der Waals surface area contributed by atoms with Crippen LogP contribution in [0.25, 0.3) is 0 Å². The largest absolute Gasteiger partial charge is 0.391 e. The number of benzene rings is 2. The molecule has 0 heterocycles. The number of thioether (sulfide) groups is 1.